The van der Waals surface area contributed by atoms with Gasteiger partial charge in [0.15, 0.2) is 0 Å². The van der Waals surface area contributed by atoms with Crippen molar-refractivity contribution in [2.45, 2.75) is 0 Å². The van der Waals surface area contributed by atoms with Crippen molar-refractivity contribution in [2.75, 3.05) is 6.54 Å². The molecular weight excluding hydrogens is 358 g/mol. The first-order valence-electron chi connectivity index (χ1n) is 4.68. The second-order valence-electron chi connectivity index (χ2n) is 3.33. The van der Waals surface area contributed by atoms with Crippen molar-refractivity contribution in [1.29, 1.82) is 0 Å². The molecule has 0 bridgehead atoms. The lowest BCUT2D eigenvalue weighted by molar-refractivity contribution is -0.140. The van der Waals surface area contributed by atoms with Crippen LogP contribution in [-0.4, -0.2) is 32.7 Å². The van der Waals surface area contributed by atoms with Gasteiger partial charge in [0.25, 0.3) is 5.91 Å². The zero-order valence-electron chi connectivity index (χ0n) is 8.75. The third kappa shape index (κ3) is 3.00. The van der Waals surface area contributed by atoms with Crippen molar-refractivity contribution in [3.63, 3.8) is 0 Å². The Hall–Kier alpha value is -0.700. The Kier molecular flexibility index (Phi) is 4.21. The molecule has 0 saturated carbocycles. The lowest BCUT2D eigenvalue weighted by Crippen LogP contribution is -2.33. The topological polar surface area (TPSA) is 57.6 Å². The number of amides is 1. The number of rotatable bonds is 3. The molecule has 1 aliphatic heterocycles. The summed E-state index contributed by atoms with van der Waals surface area (Å²) in [5.74, 6) is -1.43. The number of hydrogen-bond acceptors (Lipinski definition) is 5. The Labute approximate surface area is 125 Å². The van der Waals surface area contributed by atoms with Gasteiger partial charge in [-0.25, -0.2) is 0 Å². The summed E-state index contributed by atoms with van der Waals surface area (Å²) < 4.78 is 1.23. The first-order valence-corrected chi connectivity index (χ1v) is 7.58. The summed E-state index contributed by atoms with van der Waals surface area (Å²) in [6.07, 6.45) is 1.72. The summed E-state index contributed by atoms with van der Waals surface area (Å²) in [5, 5.41) is 10.6. The molecule has 4 nitrogen and oxygen atoms in total. The van der Waals surface area contributed by atoms with E-state index in [9.17, 15) is 9.59 Å². The molecule has 1 N–H and O–H groups in total. The van der Waals surface area contributed by atoms with Crippen molar-refractivity contribution in [3.8, 4) is 0 Å². The van der Waals surface area contributed by atoms with Crippen molar-refractivity contribution in [3.05, 3.63) is 25.7 Å². The van der Waals surface area contributed by atoms with Gasteiger partial charge in [-0.15, -0.1) is 11.3 Å². The Morgan fingerprint density at radius 2 is 2.33 bits per heavy atom. The van der Waals surface area contributed by atoms with E-state index in [1.807, 2.05) is 11.4 Å². The molecule has 0 unspecified atom stereocenters. The molecule has 0 spiro atoms. The molecule has 94 valence electrons. The van der Waals surface area contributed by atoms with Crippen LogP contribution in [0.15, 0.2) is 20.8 Å². The maximum absolute atomic E-state index is 11.9. The predicted octanol–water partition coefficient (Wildman–Crippen LogP) is 2.80. The number of thiophene rings is 1. The highest BCUT2D eigenvalue weighted by molar-refractivity contribution is 9.10. The Bertz CT molecular complexity index is 566. The lowest BCUT2D eigenvalue weighted by Gasteiger charge is -2.09. The Morgan fingerprint density at radius 3 is 2.89 bits per heavy atom. The Morgan fingerprint density at radius 1 is 1.61 bits per heavy atom. The van der Waals surface area contributed by atoms with E-state index in [-0.39, 0.29) is 10.2 Å². The number of carbonyl (C=O) groups excluding carboxylic acids is 1. The van der Waals surface area contributed by atoms with Crippen LogP contribution in [0.2, 0.25) is 0 Å². The zero-order valence-corrected chi connectivity index (χ0v) is 12.8. The van der Waals surface area contributed by atoms with Gasteiger partial charge in [0, 0.05) is 14.7 Å². The van der Waals surface area contributed by atoms with Gasteiger partial charge in [0.05, 0.1) is 4.91 Å². The van der Waals surface area contributed by atoms with Gasteiger partial charge in [-0.3, -0.25) is 14.5 Å². The average Bonchev–Trinajstić information content (AvgIpc) is 2.78. The highest BCUT2D eigenvalue weighted by Gasteiger charge is 2.33. The third-order valence-electron chi connectivity index (χ3n) is 2.03. The number of aliphatic carboxylic acids is 1. The van der Waals surface area contributed by atoms with E-state index in [0.29, 0.717) is 4.91 Å². The molecule has 0 atom stereocenters. The van der Waals surface area contributed by atoms with Gasteiger partial charge in [0.1, 0.15) is 10.9 Å². The minimum Gasteiger partial charge on any atom is -0.480 e. The lowest BCUT2D eigenvalue weighted by atomic mass is 10.4. The summed E-state index contributed by atoms with van der Waals surface area (Å²) >= 11 is 10.9. The van der Waals surface area contributed by atoms with Crippen LogP contribution in [0.4, 0.5) is 0 Å². The summed E-state index contributed by atoms with van der Waals surface area (Å²) in [5.41, 5.74) is 0. The molecule has 1 saturated heterocycles. The van der Waals surface area contributed by atoms with Crippen molar-refractivity contribution in [1.82, 2.24) is 4.90 Å². The molecule has 1 aliphatic rings. The van der Waals surface area contributed by atoms with Crippen LogP contribution in [0.1, 0.15) is 4.88 Å². The zero-order chi connectivity index (χ0) is 13.3. The smallest absolute Gasteiger partial charge is 0.323 e. The van der Waals surface area contributed by atoms with Crippen molar-refractivity contribution in [2.24, 2.45) is 0 Å². The second-order valence-corrected chi connectivity index (χ2v) is 6.86. The van der Waals surface area contributed by atoms with Gasteiger partial charge in [-0.1, -0.05) is 24.0 Å². The number of hydrogen-bond donors (Lipinski definition) is 1. The van der Waals surface area contributed by atoms with Gasteiger partial charge in [-0.2, -0.15) is 0 Å². The van der Waals surface area contributed by atoms with Crippen LogP contribution in [0, 0.1) is 0 Å². The quantitative estimate of drug-likeness (QED) is 0.660. The van der Waals surface area contributed by atoms with Crippen LogP contribution in [0.25, 0.3) is 6.08 Å². The Balaban J connectivity index is 2.22. The van der Waals surface area contributed by atoms with E-state index in [4.69, 9.17) is 17.3 Å². The highest BCUT2D eigenvalue weighted by Crippen LogP contribution is 2.33. The summed E-state index contributed by atoms with van der Waals surface area (Å²) in [7, 11) is 0. The normalized spacial score (nSPS) is 17.8. The largest absolute Gasteiger partial charge is 0.480 e. The highest BCUT2D eigenvalue weighted by atomic mass is 79.9. The number of carbonyl (C=O) groups is 2. The van der Waals surface area contributed by atoms with E-state index >= 15 is 0 Å². The molecular formula is C10H6BrNO3S3. The average molecular weight is 364 g/mol. The fourth-order valence-corrected chi connectivity index (χ4v) is 4.00. The van der Waals surface area contributed by atoms with Crippen molar-refractivity contribution >= 4 is 73.5 Å². The summed E-state index contributed by atoms with van der Waals surface area (Å²) in [4.78, 5) is 25.0. The van der Waals surface area contributed by atoms with Crippen LogP contribution in [-0.2, 0) is 9.59 Å². The maximum Gasteiger partial charge on any atom is 0.323 e. The van der Waals surface area contributed by atoms with E-state index in [1.54, 1.807) is 6.08 Å². The number of thioether (sulfide) groups is 1. The van der Waals surface area contributed by atoms with Gasteiger partial charge < -0.3 is 5.11 Å². The summed E-state index contributed by atoms with van der Waals surface area (Å²) in [6.45, 7) is -0.393. The monoisotopic (exact) mass is 363 g/mol. The van der Waals surface area contributed by atoms with Gasteiger partial charge >= 0.3 is 5.97 Å². The fourth-order valence-electron chi connectivity index (χ4n) is 1.30. The molecule has 0 radical (unpaired) electrons. The van der Waals surface area contributed by atoms with Crippen LogP contribution >= 0.6 is 51.2 Å². The second kappa shape index (κ2) is 5.52. The molecule has 1 fully saturated rings. The minimum absolute atomic E-state index is 0.282. The molecule has 8 heteroatoms. The third-order valence-corrected chi connectivity index (χ3v) is 5.05. The van der Waals surface area contributed by atoms with Gasteiger partial charge in [-0.05, 0) is 28.1 Å². The molecule has 1 aromatic heterocycles. The minimum atomic E-state index is -1.08. The van der Waals surface area contributed by atoms with Crippen LogP contribution < -0.4 is 0 Å². The molecule has 1 amide bonds. The van der Waals surface area contributed by atoms with Gasteiger partial charge in [0.2, 0.25) is 0 Å². The standard InChI is InChI=1S/C10H6BrNO3S3/c11-5-1-6(17-4-5)2-7-9(15)12(3-8(13)14)10(16)18-7/h1-2,4H,3H2,(H,13,14)/b7-2+. The van der Waals surface area contributed by atoms with Crippen LogP contribution in [0.3, 0.4) is 0 Å². The SMILES string of the molecule is O=C(O)CN1C(=O)/C(=C\c2cc(Br)cs2)SC1=S. The van der Waals surface area contributed by atoms with Crippen molar-refractivity contribution < 1.29 is 14.7 Å². The number of halogens is 1. The predicted molar refractivity (Wildman–Crippen MR) is 79.5 cm³/mol. The van der Waals surface area contributed by atoms with E-state index < -0.39 is 12.5 Å². The van der Waals surface area contributed by atoms with Crippen LogP contribution in [0.5, 0.6) is 0 Å². The first-order chi connectivity index (χ1) is 8.47. The number of thiocarbonyl (C=S) groups is 1. The summed E-state index contributed by atoms with van der Waals surface area (Å²) in [6, 6.07) is 1.88. The number of carboxylic acid groups (broad SMARTS) is 1. The van der Waals surface area contributed by atoms with E-state index in [2.05, 4.69) is 15.9 Å². The molecule has 18 heavy (non-hydrogen) atoms. The molecule has 0 aliphatic carbocycles. The molecule has 1 aromatic rings. The number of carboxylic acids is 1. The number of nitrogens with zero attached hydrogens (tertiary/aromatic N) is 1. The van der Waals surface area contributed by atoms with E-state index in [0.717, 1.165) is 26.0 Å². The molecule has 2 rings (SSSR count). The van der Waals surface area contributed by atoms with E-state index in [1.165, 1.54) is 11.3 Å². The first kappa shape index (κ1) is 13.7. The fraction of sp³-hybridized carbons (Fsp3) is 0.100. The molecule has 2 heterocycles. The molecule has 0 aromatic carbocycles. The maximum atomic E-state index is 11.9.